The van der Waals surface area contributed by atoms with Crippen LogP contribution in [0, 0.1) is 11.3 Å². The Morgan fingerprint density at radius 1 is 1.29 bits per heavy atom. The number of aliphatic hydroxyl groups is 1. The van der Waals surface area contributed by atoms with E-state index in [2.05, 4.69) is 32.9 Å². The molecule has 0 aliphatic heterocycles. The molecule has 2 unspecified atom stereocenters. The van der Waals surface area contributed by atoms with Crippen molar-refractivity contribution in [3.63, 3.8) is 0 Å². The summed E-state index contributed by atoms with van der Waals surface area (Å²) in [5, 5.41) is 10.3. The molecule has 0 aromatic heterocycles. The lowest BCUT2D eigenvalue weighted by Gasteiger charge is -2.42. The van der Waals surface area contributed by atoms with E-state index in [9.17, 15) is 5.11 Å². The van der Waals surface area contributed by atoms with Crippen LogP contribution >= 0.6 is 0 Å². The van der Waals surface area contributed by atoms with Crippen molar-refractivity contribution < 1.29 is 5.11 Å². The highest BCUT2D eigenvalue weighted by atomic mass is 16.3. The number of rotatable bonds is 0. The van der Waals surface area contributed by atoms with E-state index in [0.29, 0.717) is 5.92 Å². The highest BCUT2D eigenvalue weighted by molar-refractivity contribution is 5.33. The van der Waals surface area contributed by atoms with Crippen molar-refractivity contribution in [3.8, 4) is 0 Å². The third-order valence-corrected chi connectivity index (χ3v) is 3.85. The Morgan fingerprint density at radius 2 is 1.93 bits per heavy atom. The van der Waals surface area contributed by atoms with Crippen molar-refractivity contribution in [2.75, 3.05) is 0 Å². The van der Waals surface area contributed by atoms with E-state index in [1.807, 2.05) is 12.1 Å². The SMILES string of the molecule is CC1Cc2ccccc2C(O)C1(C)C. The molecule has 1 N–H and O–H groups in total. The Kier molecular flexibility index (Phi) is 2.15. The molecular formula is C13H18O. The van der Waals surface area contributed by atoms with Crippen LogP contribution in [0.3, 0.4) is 0 Å². The molecule has 0 bridgehead atoms. The zero-order valence-electron chi connectivity index (χ0n) is 9.12. The first-order chi connectivity index (χ1) is 6.53. The summed E-state index contributed by atoms with van der Waals surface area (Å²) < 4.78 is 0. The summed E-state index contributed by atoms with van der Waals surface area (Å²) in [6, 6.07) is 8.24. The second-order valence-corrected chi connectivity index (χ2v) is 5.03. The summed E-state index contributed by atoms with van der Waals surface area (Å²) in [5.41, 5.74) is 2.43. The van der Waals surface area contributed by atoms with Gasteiger partial charge in [-0.1, -0.05) is 45.0 Å². The van der Waals surface area contributed by atoms with Gasteiger partial charge in [0, 0.05) is 0 Å². The molecule has 1 heteroatoms. The van der Waals surface area contributed by atoms with Gasteiger partial charge in [-0.3, -0.25) is 0 Å². The zero-order chi connectivity index (χ0) is 10.3. The second kappa shape index (κ2) is 3.09. The smallest absolute Gasteiger partial charge is 0.0846 e. The normalized spacial score (nSPS) is 29.7. The molecule has 0 saturated heterocycles. The lowest BCUT2D eigenvalue weighted by Crippen LogP contribution is -2.35. The first kappa shape index (κ1) is 9.72. The molecule has 2 atom stereocenters. The Hall–Kier alpha value is -0.820. The summed E-state index contributed by atoms with van der Waals surface area (Å²) in [6.07, 6.45) is 0.766. The molecular weight excluding hydrogens is 172 g/mol. The van der Waals surface area contributed by atoms with Gasteiger partial charge in [0.25, 0.3) is 0 Å². The molecule has 14 heavy (non-hydrogen) atoms. The van der Waals surface area contributed by atoms with Gasteiger partial charge in [-0.25, -0.2) is 0 Å². The van der Waals surface area contributed by atoms with Crippen molar-refractivity contribution in [3.05, 3.63) is 35.4 Å². The first-order valence-electron chi connectivity index (χ1n) is 5.29. The van der Waals surface area contributed by atoms with Crippen molar-refractivity contribution in [2.24, 2.45) is 11.3 Å². The summed E-state index contributed by atoms with van der Waals surface area (Å²) >= 11 is 0. The fourth-order valence-corrected chi connectivity index (χ4v) is 2.25. The van der Waals surface area contributed by atoms with Gasteiger partial charge < -0.3 is 5.11 Å². The molecule has 1 aliphatic carbocycles. The fourth-order valence-electron chi connectivity index (χ4n) is 2.25. The van der Waals surface area contributed by atoms with Gasteiger partial charge in [0.15, 0.2) is 0 Å². The van der Waals surface area contributed by atoms with Crippen LogP contribution in [-0.4, -0.2) is 5.11 Å². The third-order valence-electron chi connectivity index (χ3n) is 3.85. The van der Waals surface area contributed by atoms with E-state index in [1.54, 1.807) is 0 Å². The van der Waals surface area contributed by atoms with E-state index >= 15 is 0 Å². The van der Waals surface area contributed by atoms with Gasteiger partial charge in [0.2, 0.25) is 0 Å². The van der Waals surface area contributed by atoms with Gasteiger partial charge >= 0.3 is 0 Å². The van der Waals surface area contributed by atoms with E-state index in [-0.39, 0.29) is 11.5 Å². The highest BCUT2D eigenvalue weighted by Gasteiger charge is 2.39. The lowest BCUT2D eigenvalue weighted by molar-refractivity contribution is -0.000955. The monoisotopic (exact) mass is 190 g/mol. The number of fused-ring (bicyclic) bond motifs is 1. The summed E-state index contributed by atoms with van der Waals surface area (Å²) in [5.74, 6) is 0.535. The Bertz CT molecular complexity index is 341. The Balaban J connectivity index is 2.49. The minimum atomic E-state index is -0.317. The molecule has 0 saturated carbocycles. The van der Waals surface area contributed by atoms with E-state index in [0.717, 1.165) is 12.0 Å². The van der Waals surface area contributed by atoms with Crippen LogP contribution in [0.4, 0.5) is 0 Å². The number of aliphatic hydroxyl groups excluding tert-OH is 1. The minimum absolute atomic E-state index is 0.00560. The van der Waals surface area contributed by atoms with Crippen molar-refractivity contribution >= 4 is 0 Å². The van der Waals surface area contributed by atoms with Crippen LogP contribution in [0.2, 0.25) is 0 Å². The van der Waals surface area contributed by atoms with Gasteiger partial charge in [0.1, 0.15) is 0 Å². The van der Waals surface area contributed by atoms with Gasteiger partial charge in [-0.15, -0.1) is 0 Å². The molecule has 1 nitrogen and oxygen atoms in total. The minimum Gasteiger partial charge on any atom is -0.388 e. The Labute approximate surface area is 85.8 Å². The fraction of sp³-hybridized carbons (Fsp3) is 0.538. The molecule has 0 radical (unpaired) electrons. The summed E-state index contributed by atoms with van der Waals surface area (Å²) in [6.45, 7) is 6.52. The predicted octanol–water partition coefficient (Wildman–Crippen LogP) is 2.94. The van der Waals surface area contributed by atoms with Crippen molar-refractivity contribution in [1.82, 2.24) is 0 Å². The van der Waals surface area contributed by atoms with Crippen molar-refractivity contribution in [2.45, 2.75) is 33.3 Å². The standard InChI is InChI=1S/C13H18O/c1-9-8-10-6-4-5-7-11(10)12(14)13(9,2)3/h4-7,9,12,14H,8H2,1-3H3. The van der Waals surface area contributed by atoms with E-state index in [4.69, 9.17) is 0 Å². The number of benzene rings is 1. The number of hydrogen-bond acceptors (Lipinski definition) is 1. The Morgan fingerprint density at radius 3 is 2.64 bits per heavy atom. The average Bonchev–Trinajstić information content (AvgIpc) is 2.15. The predicted molar refractivity (Wildman–Crippen MR) is 58.1 cm³/mol. The van der Waals surface area contributed by atoms with Gasteiger partial charge in [0.05, 0.1) is 6.10 Å². The first-order valence-corrected chi connectivity index (χ1v) is 5.29. The average molecular weight is 190 g/mol. The zero-order valence-corrected chi connectivity index (χ0v) is 9.12. The summed E-state index contributed by atoms with van der Waals surface area (Å²) in [4.78, 5) is 0. The van der Waals surface area contributed by atoms with Crippen LogP contribution < -0.4 is 0 Å². The topological polar surface area (TPSA) is 20.2 Å². The molecule has 0 fully saturated rings. The van der Waals surface area contributed by atoms with Crippen LogP contribution in [0.5, 0.6) is 0 Å². The summed E-state index contributed by atoms with van der Waals surface area (Å²) in [7, 11) is 0. The molecule has 1 aromatic rings. The van der Waals surface area contributed by atoms with E-state index in [1.165, 1.54) is 5.56 Å². The maximum Gasteiger partial charge on any atom is 0.0846 e. The van der Waals surface area contributed by atoms with Gasteiger partial charge in [-0.05, 0) is 28.9 Å². The quantitative estimate of drug-likeness (QED) is 0.667. The van der Waals surface area contributed by atoms with Crippen molar-refractivity contribution in [1.29, 1.82) is 0 Å². The lowest BCUT2D eigenvalue weighted by atomic mass is 9.65. The highest BCUT2D eigenvalue weighted by Crippen LogP contribution is 2.46. The van der Waals surface area contributed by atoms with Crippen LogP contribution in [0.25, 0.3) is 0 Å². The largest absolute Gasteiger partial charge is 0.388 e. The number of hydrogen-bond donors (Lipinski definition) is 1. The molecule has 0 spiro atoms. The molecule has 0 heterocycles. The van der Waals surface area contributed by atoms with E-state index < -0.39 is 0 Å². The molecule has 1 aliphatic rings. The second-order valence-electron chi connectivity index (χ2n) is 5.03. The van der Waals surface area contributed by atoms with Crippen LogP contribution in [0.1, 0.15) is 38.0 Å². The third kappa shape index (κ3) is 1.27. The molecule has 1 aromatic carbocycles. The maximum atomic E-state index is 10.3. The molecule has 76 valence electrons. The molecule has 2 rings (SSSR count). The van der Waals surface area contributed by atoms with Gasteiger partial charge in [-0.2, -0.15) is 0 Å². The van der Waals surface area contributed by atoms with Crippen LogP contribution in [-0.2, 0) is 6.42 Å². The maximum absolute atomic E-state index is 10.3. The van der Waals surface area contributed by atoms with Crippen LogP contribution in [0.15, 0.2) is 24.3 Å². The molecule has 0 amide bonds.